The van der Waals surface area contributed by atoms with Gasteiger partial charge in [-0.25, -0.2) is 4.39 Å². The van der Waals surface area contributed by atoms with Crippen molar-refractivity contribution in [2.45, 2.75) is 13.1 Å². The van der Waals surface area contributed by atoms with Gasteiger partial charge in [0.05, 0.1) is 12.2 Å². The van der Waals surface area contributed by atoms with Crippen molar-refractivity contribution >= 4 is 0 Å². The van der Waals surface area contributed by atoms with Crippen molar-refractivity contribution < 1.29 is 8.91 Å². The van der Waals surface area contributed by atoms with E-state index in [4.69, 9.17) is 4.52 Å². The van der Waals surface area contributed by atoms with Crippen LogP contribution in [0.5, 0.6) is 0 Å². The lowest BCUT2D eigenvalue weighted by atomic mass is 10.2. The molecular weight excluding hydrogens is 333 g/mol. The van der Waals surface area contributed by atoms with Crippen molar-refractivity contribution in [3.63, 3.8) is 0 Å². The number of piperazine rings is 1. The van der Waals surface area contributed by atoms with Gasteiger partial charge in [-0.1, -0.05) is 11.2 Å². The van der Waals surface area contributed by atoms with E-state index in [2.05, 4.69) is 31.0 Å². The average molecular weight is 353 g/mol. The van der Waals surface area contributed by atoms with Crippen LogP contribution in [-0.2, 0) is 13.1 Å². The number of aromatic nitrogens is 3. The lowest BCUT2D eigenvalue weighted by Crippen LogP contribution is -2.45. The summed E-state index contributed by atoms with van der Waals surface area (Å²) in [5.74, 6) is 0.803. The van der Waals surface area contributed by atoms with E-state index in [9.17, 15) is 4.39 Å². The SMILES string of the molecule is Fc1ccc(-c2noc(CN3CCN(Cc4ccccn4)CC3)n2)cc1. The van der Waals surface area contributed by atoms with Gasteiger partial charge < -0.3 is 4.52 Å². The number of halogens is 1. The first kappa shape index (κ1) is 16.8. The number of benzene rings is 1. The molecule has 3 aromatic rings. The molecule has 7 heteroatoms. The predicted molar refractivity (Wildman–Crippen MR) is 94.5 cm³/mol. The van der Waals surface area contributed by atoms with Crippen LogP contribution < -0.4 is 0 Å². The highest BCUT2D eigenvalue weighted by Crippen LogP contribution is 2.17. The summed E-state index contributed by atoms with van der Waals surface area (Å²) in [5.41, 5.74) is 1.85. The van der Waals surface area contributed by atoms with Crippen molar-refractivity contribution in [3.05, 3.63) is 66.1 Å². The predicted octanol–water partition coefficient (Wildman–Crippen LogP) is 2.59. The molecule has 0 radical (unpaired) electrons. The molecule has 4 rings (SSSR count). The zero-order valence-electron chi connectivity index (χ0n) is 14.4. The van der Waals surface area contributed by atoms with Gasteiger partial charge in [0.1, 0.15) is 5.82 Å². The third kappa shape index (κ3) is 4.12. The summed E-state index contributed by atoms with van der Waals surface area (Å²) in [7, 11) is 0. The number of rotatable bonds is 5. The molecule has 134 valence electrons. The van der Waals surface area contributed by atoms with E-state index in [0.29, 0.717) is 18.3 Å². The molecule has 6 nitrogen and oxygen atoms in total. The summed E-state index contributed by atoms with van der Waals surface area (Å²) < 4.78 is 18.4. The second kappa shape index (κ2) is 7.72. The van der Waals surface area contributed by atoms with Gasteiger partial charge in [-0.3, -0.25) is 14.8 Å². The minimum atomic E-state index is -0.277. The Morgan fingerprint density at radius 3 is 2.35 bits per heavy atom. The second-order valence-corrected chi connectivity index (χ2v) is 6.39. The highest BCUT2D eigenvalue weighted by atomic mass is 19.1. The minimum absolute atomic E-state index is 0.277. The van der Waals surface area contributed by atoms with Gasteiger partial charge >= 0.3 is 0 Å². The Morgan fingerprint density at radius 1 is 0.923 bits per heavy atom. The van der Waals surface area contributed by atoms with E-state index in [1.807, 2.05) is 18.3 Å². The van der Waals surface area contributed by atoms with Crippen molar-refractivity contribution in [3.8, 4) is 11.4 Å². The summed E-state index contributed by atoms with van der Waals surface area (Å²) >= 11 is 0. The highest BCUT2D eigenvalue weighted by Gasteiger charge is 2.19. The molecule has 0 aliphatic carbocycles. The van der Waals surface area contributed by atoms with Crippen molar-refractivity contribution in [1.29, 1.82) is 0 Å². The average Bonchev–Trinajstić information content (AvgIpc) is 3.13. The van der Waals surface area contributed by atoms with Gasteiger partial charge in [0.25, 0.3) is 0 Å². The van der Waals surface area contributed by atoms with Crippen molar-refractivity contribution in [2.24, 2.45) is 0 Å². The molecule has 0 saturated carbocycles. The molecule has 0 atom stereocenters. The first-order valence-electron chi connectivity index (χ1n) is 8.69. The summed E-state index contributed by atoms with van der Waals surface area (Å²) in [6.07, 6.45) is 1.83. The Bertz CT molecular complexity index is 829. The topological polar surface area (TPSA) is 58.3 Å². The molecule has 1 aromatic carbocycles. The number of nitrogens with zero attached hydrogens (tertiary/aromatic N) is 5. The lowest BCUT2D eigenvalue weighted by Gasteiger charge is -2.33. The van der Waals surface area contributed by atoms with Crippen LogP contribution >= 0.6 is 0 Å². The molecule has 1 aliphatic heterocycles. The third-order valence-corrected chi connectivity index (χ3v) is 4.51. The molecule has 2 aromatic heterocycles. The van der Waals surface area contributed by atoms with E-state index >= 15 is 0 Å². The maximum Gasteiger partial charge on any atom is 0.241 e. The molecule has 1 aliphatic rings. The van der Waals surface area contributed by atoms with Crippen molar-refractivity contribution in [1.82, 2.24) is 24.9 Å². The van der Waals surface area contributed by atoms with Crippen LogP contribution in [0.2, 0.25) is 0 Å². The Morgan fingerprint density at radius 2 is 1.65 bits per heavy atom. The fourth-order valence-electron chi connectivity index (χ4n) is 3.05. The quantitative estimate of drug-likeness (QED) is 0.703. The summed E-state index contributed by atoms with van der Waals surface area (Å²) in [6, 6.07) is 12.1. The first-order chi connectivity index (χ1) is 12.8. The molecule has 0 amide bonds. The zero-order valence-corrected chi connectivity index (χ0v) is 14.4. The summed E-state index contributed by atoms with van der Waals surface area (Å²) in [6.45, 7) is 5.36. The van der Waals surface area contributed by atoms with Crippen LogP contribution in [0, 0.1) is 5.82 Å². The molecule has 1 saturated heterocycles. The van der Waals surface area contributed by atoms with Crippen LogP contribution in [-0.4, -0.2) is 51.1 Å². The van der Waals surface area contributed by atoms with Crippen LogP contribution in [0.4, 0.5) is 4.39 Å². The minimum Gasteiger partial charge on any atom is -0.338 e. The smallest absolute Gasteiger partial charge is 0.241 e. The maximum atomic E-state index is 13.0. The van der Waals surface area contributed by atoms with Crippen LogP contribution in [0.3, 0.4) is 0 Å². The van der Waals surface area contributed by atoms with E-state index in [-0.39, 0.29) is 5.82 Å². The first-order valence-corrected chi connectivity index (χ1v) is 8.69. The summed E-state index contributed by atoms with van der Waals surface area (Å²) in [4.78, 5) is 13.5. The third-order valence-electron chi connectivity index (χ3n) is 4.51. The fourth-order valence-corrected chi connectivity index (χ4v) is 3.05. The monoisotopic (exact) mass is 353 g/mol. The molecule has 0 spiro atoms. The van der Waals surface area contributed by atoms with E-state index in [0.717, 1.165) is 44.0 Å². The molecule has 0 N–H and O–H groups in total. The number of pyridine rings is 1. The Labute approximate surface area is 151 Å². The van der Waals surface area contributed by atoms with Gasteiger partial charge in [0, 0.05) is 44.5 Å². The lowest BCUT2D eigenvalue weighted by molar-refractivity contribution is 0.111. The second-order valence-electron chi connectivity index (χ2n) is 6.39. The van der Waals surface area contributed by atoms with E-state index in [1.165, 1.54) is 12.1 Å². The number of hydrogen-bond donors (Lipinski definition) is 0. The van der Waals surface area contributed by atoms with E-state index < -0.39 is 0 Å². The standard InChI is InChI=1S/C19H20FN5O/c20-16-6-4-15(5-7-16)19-22-18(26-23-19)14-25-11-9-24(10-12-25)13-17-3-1-2-8-21-17/h1-8H,9-14H2. The molecule has 26 heavy (non-hydrogen) atoms. The Hall–Kier alpha value is -2.64. The highest BCUT2D eigenvalue weighted by molar-refractivity contribution is 5.53. The zero-order chi connectivity index (χ0) is 17.8. The van der Waals surface area contributed by atoms with Gasteiger partial charge in [-0.2, -0.15) is 4.98 Å². The summed E-state index contributed by atoms with van der Waals surface area (Å²) in [5, 5.41) is 4.00. The Balaban J connectivity index is 1.30. The largest absolute Gasteiger partial charge is 0.338 e. The molecule has 3 heterocycles. The number of hydrogen-bond acceptors (Lipinski definition) is 6. The van der Waals surface area contributed by atoms with E-state index in [1.54, 1.807) is 12.1 Å². The van der Waals surface area contributed by atoms with Crippen molar-refractivity contribution in [2.75, 3.05) is 26.2 Å². The van der Waals surface area contributed by atoms with Gasteiger partial charge in [-0.15, -0.1) is 0 Å². The molecule has 1 fully saturated rings. The molecule has 0 bridgehead atoms. The van der Waals surface area contributed by atoms with Gasteiger partial charge in [0.15, 0.2) is 0 Å². The fraction of sp³-hybridized carbons (Fsp3) is 0.316. The van der Waals surface area contributed by atoms with Crippen LogP contribution in [0.15, 0.2) is 53.2 Å². The van der Waals surface area contributed by atoms with Gasteiger partial charge in [0.2, 0.25) is 11.7 Å². The maximum absolute atomic E-state index is 13.0. The Kier molecular flexibility index (Phi) is 4.99. The normalized spacial score (nSPS) is 16.0. The molecular formula is C19H20FN5O. The molecule has 0 unspecified atom stereocenters. The van der Waals surface area contributed by atoms with Crippen LogP contribution in [0.1, 0.15) is 11.6 Å². The van der Waals surface area contributed by atoms with Crippen LogP contribution in [0.25, 0.3) is 11.4 Å². The van der Waals surface area contributed by atoms with Gasteiger partial charge in [-0.05, 0) is 36.4 Å².